The van der Waals surface area contributed by atoms with Crippen LogP contribution in [0.15, 0.2) is 66.7 Å². The van der Waals surface area contributed by atoms with Crippen LogP contribution in [0.5, 0.6) is 0 Å². The van der Waals surface area contributed by atoms with Gasteiger partial charge < -0.3 is 4.90 Å². The molecule has 1 aliphatic heterocycles. The van der Waals surface area contributed by atoms with Crippen LogP contribution < -0.4 is 0 Å². The molecule has 1 fully saturated rings. The van der Waals surface area contributed by atoms with Gasteiger partial charge in [-0.05, 0) is 95.0 Å². The monoisotopic (exact) mass is 521 g/mol. The molecule has 0 aromatic heterocycles. The van der Waals surface area contributed by atoms with Gasteiger partial charge in [0.2, 0.25) is 0 Å². The van der Waals surface area contributed by atoms with Crippen molar-refractivity contribution in [3.8, 4) is 0 Å². The molecule has 1 nitrogen and oxygen atoms in total. The molecule has 0 spiro atoms. The van der Waals surface area contributed by atoms with Gasteiger partial charge >= 0.3 is 6.18 Å². The van der Waals surface area contributed by atoms with E-state index in [4.69, 9.17) is 0 Å². The molecule has 3 aromatic rings. The van der Waals surface area contributed by atoms with Gasteiger partial charge in [0.05, 0.1) is 12.2 Å². The zero-order valence-electron chi connectivity index (χ0n) is 22.1. The molecule has 0 N–H and O–H groups in total. The fourth-order valence-corrected chi connectivity index (χ4v) is 6.25. The molecule has 5 rings (SSSR count). The summed E-state index contributed by atoms with van der Waals surface area (Å²) in [6.45, 7) is 6.33. The second kappa shape index (κ2) is 11.1. The van der Waals surface area contributed by atoms with Crippen LogP contribution in [0.3, 0.4) is 0 Å². The number of rotatable bonds is 7. The van der Waals surface area contributed by atoms with Crippen molar-refractivity contribution in [1.29, 1.82) is 0 Å². The molecule has 3 aromatic carbocycles. The van der Waals surface area contributed by atoms with Gasteiger partial charge in [-0.2, -0.15) is 13.2 Å². The molecule has 38 heavy (non-hydrogen) atoms. The van der Waals surface area contributed by atoms with Crippen LogP contribution in [0.4, 0.5) is 17.6 Å². The maximum absolute atomic E-state index is 13.9. The number of halogens is 4. The number of aryl methyl sites for hydroxylation is 1. The van der Waals surface area contributed by atoms with E-state index >= 15 is 0 Å². The standard InChI is InChI=1S/C33H35F4N/c1-22-11-14-26-7-3-4-8-29(26)32(31(22)28-9-5-10-30(23(28)2)33(35,36)37)27-15-12-24(13-16-27)19-25-20-38(21-25)18-6-17-34/h3-5,7-10,12-13,15-16,22,25H,6,11,14,17-21H2,1-2H3. The summed E-state index contributed by atoms with van der Waals surface area (Å²) < 4.78 is 54.0. The van der Waals surface area contributed by atoms with Crippen LogP contribution in [0.25, 0.3) is 11.1 Å². The summed E-state index contributed by atoms with van der Waals surface area (Å²) >= 11 is 0. The first-order valence-electron chi connectivity index (χ1n) is 13.6. The van der Waals surface area contributed by atoms with Crippen molar-refractivity contribution < 1.29 is 17.6 Å². The summed E-state index contributed by atoms with van der Waals surface area (Å²) in [5.74, 6) is 0.686. The zero-order chi connectivity index (χ0) is 26.9. The van der Waals surface area contributed by atoms with Crippen LogP contribution in [-0.2, 0) is 19.0 Å². The first-order chi connectivity index (χ1) is 18.3. The number of alkyl halides is 4. The van der Waals surface area contributed by atoms with Crippen LogP contribution in [0.1, 0.15) is 58.7 Å². The predicted molar refractivity (Wildman–Crippen MR) is 147 cm³/mol. The van der Waals surface area contributed by atoms with Crippen molar-refractivity contribution in [1.82, 2.24) is 4.90 Å². The first kappa shape index (κ1) is 26.7. The molecule has 200 valence electrons. The summed E-state index contributed by atoms with van der Waals surface area (Å²) in [5.41, 5.74) is 7.09. The lowest BCUT2D eigenvalue weighted by atomic mass is 9.81. The number of fused-ring (bicyclic) bond motifs is 1. The molecule has 0 amide bonds. The van der Waals surface area contributed by atoms with E-state index < -0.39 is 11.7 Å². The molecule has 0 radical (unpaired) electrons. The number of hydrogen-bond donors (Lipinski definition) is 0. The van der Waals surface area contributed by atoms with Crippen molar-refractivity contribution in [3.05, 3.63) is 106 Å². The zero-order valence-corrected chi connectivity index (χ0v) is 22.1. The Bertz CT molecular complexity index is 1300. The van der Waals surface area contributed by atoms with Crippen LogP contribution in [0, 0.1) is 18.8 Å². The Morgan fingerprint density at radius 1 is 0.895 bits per heavy atom. The van der Waals surface area contributed by atoms with Crippen LogP contribution >= 0.6 is 0 Å². The van der Waals surface area contributed by atoms with Crippen molar-refractivity contribution in [2.45, 2.75) is 45.7 Å². The average Bonchev–Trinajstić information content (AvgIpc) is 3.02. The maximum atomic E-state index is 13.9. The number of benzene rings is 3. The van der Waals surface area contributed by atoms with Crippen molar-refractivity contribution >= 4 is 11.1 Å². The normalized spacial score (nSPS) is 18.7. The van der Waals surface area contributed by atoms with Crippen LogP contribution in [0.2, 0.25) is 0 Å². The highest BCUT2D eigenvalue weighted by atomic mass is 19.4. The number of allylic oxidation sites excluding steroid dienone is 1. The minimum absolute atomic E-state index is 0.101. The molecule has 1 unspecified atom stereocenters. The second-order valence-corrected chi connectivity index (χ2v) is 10.9. The van der Waals surface area contributed by atoms with E-state index in [0.29, 0.717) is 17.9 Å². The molecule has 2 aliphatic rings. The van der Waals surface area contributed by atoms with Gasteiger partial charge in [0.1, 0.15) is 0 Å². The maximum Gasteiger partial charge on any atom is 0.416 e. The Morgan fingerprint density at radius 3 is 2.32 bits per heavy atom. The fourth-order valence-electron chi connectivity index (χ4n) is 6.25. The summed E-state index contributed by atoms with van der Waals surface area (Å²) in [7, 11) is 0. The van der Waals surface area contributed by atoms with E-state index in [9.17, 15) is 17.6 Å². The minimum atomic E-state index is -4.39. The summed E-state index contributed by atoms with van der Waals surface area (Å²) in [6.07, 6.45) is -1.04. The SMILES string of the molecule is Cc1c(C2=C(c3ccc(CC4CN(CCCF)C4)cc3)c3ccccc3CCC2C)cccc1C(F)(F)F. The Labute approximate surface area is 223 Å². The van der Waals surface area contributed by atoms with Gasteiger partial charge in [-0.25, -0.2) is 0 Å². The minimum Gasteiger partial charge on any atom is -0.303 e. The third kappa shape index (κ3) is 5.44. The highest BCUT2D eigenvalue weighted by Crippen LogP contribution is 2.45. The largest absolute Gasteiger partial charge is 0.416 e. The highest BCUT2D eigenvalue weighted by Gasteiger charge is 2.34. The van der Waals surface area contributed by atoms with Gasteiger partial charge in [-0.3, -0.25) is 4.39 Å². The van der Waals surface area contributed by atoms with Crippen molar-refractivity contribution in [2.24, 2.45) is 11.8 Å². The first-order valence-corrected chi connectivity index (χ1v) is 13.6. The van der Waals surface area contributed by atoms with Gasteiger partial charge in [-0.15, -0.1) is 0 Å². The second-order valence-electron chi connectivity index (χ2n) is 10.9. The van der Waals surface area contributed by atoms with Gasteiger partial charge in [-0.1, -0.05) is 67.6 Å². The van der Waals surface area contributed by atoms with E-state index in [1.54, 1.807) is 6.92 Å². The summed E-state index contributed by atoms with van der Waals surface area (Å²) in [5, 5.41) is 0. The van der Waals surface area contributed by atoms with E-state index in [2.05, 4.69) is 48.2 Å². The van der Waals surface area contributed by atoms with E-state index in [0.717, 1.165) is 61.2 Å². The number of nitrogens with zero attached hydrogens (tertiary/aromatic N) is 1. The molecule has 1 atom stereocenters. The summed E-state index contributed by atoms with van der Waals surface area (Å²) in [4.78, 5) is 2.30. The van der Waals surface area contributed by atoms with Crippen molar-refractivity contribution in [2.75, 3.05) is 26.3 Å². The Hall–Kier alpha value is -2.92. The molecule has 1 saturated heterocycles. The lowest BCUT2D eigenvalue weighted by Crippen LogP contribution is -2.47. The molecular formula is C33H35F4N. The molecule has 1 heterocycles. The molecule has 1 aliphatic carbocycles. The third-order valence-corrected chi connectivity index (χ3v) is 8.23. The Kier molecular flexibility index (Phi) is 7.76. The molecule has 5 heteroatoms. The molecule has 0 bridgehead atoms. The number of likely N-dealkylation sites (tertiary alicyclic amines) is 1. The predicted octanol–water partition coefficient (Wildman–Crippen LogP) is 8.39. The lowest BCUT2D eigenvalue weighted by molar-refractivity contribution is -0.138. The Balaban J connectivity index is 1.55. The smallest absolute Gasteiger partial charge is 0.303 e. The lowest BCUT2D eigenvalue weighted by Gasteiger charge is -2.39. The highest BCUT2D eigenvalue weighted by molar-refractivity contribution is 6.01. The van der Waals surface area contributed by atoms with Gasteiger partial charge in [0.25, 0.3) is 0 Å². The fraction of sp³-hybridized carbons (Fsp3) is 0.394. The van der Waals surface area contributed by atoms with Crippen LogP contribution in [-0.4, -0.2) is 31.2 Å². The summed E-state index contributed by atoms with van der Waals surface area (Å²) in [6, 6.07) is 21.5. The quantitative estimate of drug-likeness (QED) is 0.282. The van der Waals surface area contributed by atoms with E-state index in [-0.39, 0.29) is 18.2 Å². The van der Waals surface area contributed by atoms with Crippen molar-refractivity contribution in [3.63, 3.8) is 0 Å². The molecule has 0 saturated carbocycles. The molecular weight excluding hydrogens is 486 g/mol. The topological polar surface area (TPSA) is 3.24 Å². The van der Waals surface area contributed by atoms with E-state index in [1.807, 2.05) is 18.2 Å². The van der Waals surface area contributed by atoms with E-state index in [1.165, 1.54) is 23.3 Å². The number of hydrogen-bond acceptors (Lipinski definition) is 1. The average molecular weight is 522 g/mol. The van der Waals surface area contributed by atoms with Gasteiger partial charge in [0, 0.05) is 19.6 Å². The third-order valence-electron chi connectivity index (χ3n) is 8.23. The van der Waals surface area contributed by atoms with Gasteiger partial charge in [0.15, 0.2) is 0 Å². The Morgan fingerprint density at radius 2 is 1.61 bits per heavy atom.